The van der Waals surface area contributed by atoms with Gasteiger partial charge < -0.3 is 15.5 Å². The number of halogens is 3. The molecule has 0 saturated carbocycles. The van der Waals surface area contributed by atoms with Crippen LogP contribution in [0.3, 0.4) is 0 Å². The molecule has 3 amide bonds. The van der Waals surface area contributed by atoms with Crippen molar-refractivity contribution in [3.63, 3.8) is 0 Å². The predicted octanol–water partition coefficient (Wildman–Crippen LogP) is 2.23. The van der Waals surface area contributed by atoms with E-state index in [0.717, 1.165) is 6.07 Å². The zero-order valence-corrected chi connectivity index (χ0v) is 12.1. The van der Waals surface area contributed by atoms with Gasteiger partial charge in [0, 0.05) is 19.0 Å². The van der Waals surface area contributed by atoms with Crippen molar-refractivity contribution >= 4 is 17.6 Å². The number of amides is 3. The molecule has 0 aliphatic carbocycles. The van der Waals surface area contributed by atoms with Crippen molar-refractivity contribution in [1.29, 1.82) is 0 Å². The zero-order chi connectivity index (χ0) is 16.4. The van der Waals surface area contributed by atoms with Gasteiger partial charge in [-0.2, -0.15) is 0 Å². The summed E-state index contributed by atoms with van der Waals surface area (Å²) in [5.41, 5.74) is -0.471. The largest absolute Gasteiger partial charge is 0.338 e. The molecule has 1 fully saturated rings. The Balaban J connectivity index is 1.97. The Morgan fingerprint density at radius 3 is 2.55 bits per heavy atom. The van der Waals surface area contributed by atoms with E-state index in [1.807, 2.05) is 13.8 Å². The molecule has 0 bridgehead atoms. The molecule has 1 saturated heterocycles. The van der Waals surface area contributed by atoms with Crippen molar-refractivity contribution in [1.82, 2.24) is 10.2 Å². The fraction of sp³-hybridized carbons (Fsp3) is 0.429. The summed E-state index contributed by atoms with van der Waals surface area (Å²) in [6, 6.07) is 0.462. The molecule has 2 rings (SSSR count). The first kappa shape index (κ1) is 16.1. The summed E-state index contributed by atoms with van der Waals surface area (Å²) in [4.78, 5) is 25.1. The number of carbonyl (C=O) groups is 2. The Bertz CT molecular complexity index is 607. The number of anilines is 1. The minimum Gasteiger partial charge on any atom is -0.338 e. The van der Waals surface area contributed by atoms with Gasteiger partial charge in [0.2, 0.25) is 5.91 Å². The van der Waals surface area contributed by atoms with Crippen LogP contribution >= 0.6 is 0 Å². The molecule has 0 aromatic heterocycles. The monoisotopic (exact) mass is 315 g/mol. The third kappa shape index (κ3) is 3.32. The van der Waals surface area contributed by atoms with Gasteiger partial charge >= 0.3 is 6.03 Å². The first-order valence-electron chi connectivity index (χ1n) is 6.80. The standard InChI is InChI=1S/C14H16F3N3O2/c1-7(2)20-6-8(5-11(20)21)18-14(22)19-10-4-3-9(15)12(16)13(10)17/h3-4,7-8H,5-6H2,1-2H3,(H2,18,19,22). The summed E-state index contributed by atoms with van der Waals surface area (Å²) >= 11 is 0. The third-order valence-electron chi connectivity index (χ3n) is 3.40. The van der Waals surface area contributed by atoms with Crippen molar-refractivity contribution in [2.75, 3.05) is 11.9 Å². The Morgan fingerprint density at radius 2 is 1.95 bits per heavy atom. The quantitative estimate of drug-likeness (QED) is 0.840. The molecule has 22 heavy (non-hydrogen) atoms. The van der Waals surface area contributed by atoms with Gasteiger partial charge in [0.1, 0.15) is 0 Å². The van der Waals surface area contributed by atoms with Crippen LogP contribution in [-0.2, 0) is 4.79 Å². The van der Waals surface area contributed by atoms with Crippen LogP contribution in [0, 0.1) is 17.5 Å². The zero-order valence-electron chi connectivity index (χ0n) is 12.1. The van der Waals surface area contributed by atoms with E-state index < -0.39 is 35.2 Å². The van der Waals surface area contributed by atoms with Crippen LogP contribution in [0.15, 0.2) is 12.1 Å². The molecule has 1 atom stereocenters. The van der Waals surface area contributed by atoms with E-state index in [1.54, 1.807) is 4.90 Å². The smallest absolute Gasteiger partial charge is 0.319 e. The summed E-state index contributed by atoms with van der Waals surface area (Å²) < 4.78 is 39.3. The molecule has 0 spiro atoms. The molecule has 1 heterocycles. The lowest BCUT2D eigenvalue weighted by Gasteiger charge is -2.21. The Hall–Kier alpha value is -2.25. The number of nitrogens with zero attached hydrogens (tertiary/aromatic N) is 1. The van der Waals surface area contributed by atoms with E-state index >= 15 is 0 Å². The van der Waals surface area contributed by atoms with Gasteiger partial charge in [-0.15, -0.1) is 0 Å². The number of benzene rings is 1. The van der Waals surface area contributed by atoms with Crippen LogP contribution in [0.25, 0.3) is 0 Å². The lowest BCUT2D eigenvalue weighted by molar-refractivity contribution is -0.129. The minimum atomic E-state index is -1.65. The topological polar surface area (TPSA) is 61.4 Å². The normalized spacial score (nSPS) is 18.0. The molecular weight excluding hydrogens is 299 g/mol. The molecule has 1 aromatic rings. The summed E-state index contributed by atoms with van der Waals surface area (Å²) in [7, 11) is 0. The van der Waals surface area contributed by atoms with Crippen molar-refractivity contribution in [3.8, 4) is 0 Å². The average Bonchev–Trinajstić information content (AvgIpc) is 2.80. The van der Waals surface area contributed by atoms with Gasteiger partial charge in [-0.1, -0.05) is 0 Å². The highest BCUT2D eigenvalue weighted by Crippen LogP contribution is 2.20. The van der Waals surface area contributed by atoms with Gasteiger partial charge in [0.25, 0.3) is 0 Å². The summed E-state index contributed by atoms with van der Waals surface area (Å²) in [6.45, 7) is 4.07. The Kier molecular flexibility index (Phi) is 4.58. The number of urea groups is 1. The highest BCUT2D eigenvalue weighted by atomic mass is 19.2. The summed E-state index contributed by atoms with van der Waals surface area (Å²) in [6.07, 6.45) is 0.145. The number of carbonyl (C=O) groups excluding carboxylic acids is 2. The van der Waals surface area contributed by atoms with Crippen molar-refractivity contribution in [2.45, 2.75) is 32.4 Å². The van der Waals surface area contributed by atoms with E-state index in [1.165, 1.54) is 0 Å². The molecule has 5 nitrogen and oxygen atoms in total. The first-order chi connectivity index (χ1) is 10.3. The molecule has 1 aromatic carbocycles. The van der Waals surface area contributed by atoms with E-state index in [0.29, 0.717) is 12.6 Å². The Labute approximate surface area is 125 Å². The molecule has 0 radical (unpaired) electrons. The minimum absolute atomic E-state index is 0.0194. The maximum Gasteiger partial charge on any atom is 0.319 e. The molecule has 2 N–H and O–H groups in total. The number of hydrogen-bond acceptors (Lipinski definition) is 2. The van der Waals surface area contributed by atoms with Crippen molar-refractivity contribution in [2.24, 2.45) is 0 Å². The Morgan fingerprint density at radius 1 is 1.27 bits per heavy atom. The summed E-state index contributed by atoms with van der Waals surface area (Å²) in [5.74, 6) is -4.54. The first-order valence-corrected chi connectivity index (χ1v) is 6.80. The number of likely N-dealkylation sites (tertiary alicyclic amines) is 1. The van der Waals surface area contributed by atoms with E-state index in [-0.39, 0.29) is 18.4 Å². The SMILES string of the molecule is CC(C)N1CC(NC(=O)Nc2ccc(F)c(F)c2F)CC1=O. The second-order valence-corrected chi connectivity index (χ2v) is 5.36. The molecule has 120 valence electrons. The average molecular weight is 315 g/mol. The third-order valence-corrected chi connectivity index (χ3v) is 3.40. The van der Waals surface area contributed by atoms with E-state index in [9.17, 15) is 22.8 Å². The second kappa shape index (κ2) is 6.25. The molecule has 1 unspecified atom stereocenters. The van der Waals surface area contributed by atoms with Gasteiger partial charge in [-0.3, -0.25) is 4.79 Å². The maximum atomic E-state index is 13.4. The number of nitrogens with one attached hydrogen (secondary N) is 2. The number of hydrogen-bond donors (Lipinski definition) is 2. The maximum absolute atomic E-state index is 13.4. The van der Waals surface area contributed by atoms with Gasteiger partial charge in [-0.05, 0) is 26.0 Å². The van der Waals surface area contributed by atoms with E-state index in [4.69, 9.17) is 0 Å². The molecular formula is C14H16F3N3O2. The molecule has 8 heteroatoms. The van der Waals surface area contributed by atoms with Crippen LogP contribution in [0.5, 0.6) is 0 Å². The van der Waals surface area contributed by atoms with Gasteiger partial charge in [0.05, 0.1) is 11.7 Å². The number of rotatable bonds is 3. The fourth-order valence-corrected chi connectivity index (χ4v) is 2.29. The van der Waals surface area contributed by atoms with Crippen LogP contribution in [0.1, 0.15) is 20.3 Å². The fourth-order valence-electron chi connectivity index (χ4n) is 2.29. The van der Waals surface area contributed by atoms with Crippen LogP contribution < -0.4 is 10.6 Å². The second-order valence-electron chi connectivity index (χ2n) is 5.36. The van der Waals surface area contributed by atoms with Crippen LogP contribution in [-0.4, -0.2) is 35.5 Å². The predicted molar refractivity (Wildman–Crippen MR) is 73.7 cm³/mol. The van der Waals surface area contributed by atoms with Crippen molar-refractivity contribution in [3.05, 3.63) is 29.6 Å². The lowest BCUT2D eigenvalue weighted by atomic mass is 10.2. The molecule has 1 aliphatic rings. The molecule has 1 aliphatic heterocycles. The van der Waals surface area contributed by atoms with Crippen LogP contribution in [0.4, 0.5) is 23.7 Å². The van der Waals surface area contributed by atoms with Crippen molar-refractivity contribution < 1.29 is 22.8 Å². The summed E-state index contributed by atoms with van der Waals surface area (Å²) in [5, 5.41) is 4.61. The van der Waals surface area contributed by atoms with E-state index in [2.05, 4.69) is 10.6 Å². The highest BCUT2D eigenvalue weighted by Gasteiger charge is 2.32. The highest BCUT2D eigenvalue weighted by molar-refractivity contribution is 5.90. The lowest BCUT2D eigenvalue weighted by Crippen LogP contribution is -2.41. The van der Waals surface area contributed by atoms with Crippen LogP contribution in [0.2, 0.25) is 0 Å². The van der Waals surface area contributed by atoms with Gasteiger partial charge in [0.15, 0.2) is 17.5 Å². The van der Waals surface area contributed by atoms with Gasteiger partial charge in [-0.25, -0.2) is 18.0 Å².